The van der Waals surface area contributed by atoms with Crippen LogP contribution < -0.4 is 10.6 Å². The van der Waals surface area contributed by atoms with Gasteiger partial charge in [-0.25, -0.2) is 9.37 Å². The lowest BCUT2D eigenvalue weighted by atomic mass is 10.3. The second kappa shape index (κ2) is 10.1. The van der Waals surface area contributed by atoms with Crippen LogP contribution in [0.4, 0.5) is 10.1 Å². The van der Waals surface area contributed by atoms with E-state index < -0.39 is 0 Å². The lowest BCUT2D eigenvalue weighted by Crippen LogP contribution is -2.28. The van der Waals surface area contributed by atoms with Crippen molar-refractivity contribution in [1.29, 1.82) is 0 Å². The summed E-state index contributed by atoms with van der Waals surface area (Å²) < 4.78 is 18.4. The topological polar surface area (TPSA) is 80.3 Å². The van der Waals surface area contributed by atoms with E-state index in [9.17, 15) is 14.0 Å². The van der Waals surface area contributed by atoms with Gasteiger partial charge in [0.05, 0.1) is 24.5 Å². The van der Waals surface area contributed by atoms with Gasteiger partial charge < -0.3 is 15.4 Å². The smallest absolute Gasteiger partial charge is 0.234 e. The number of carbonyl (C=O) groups excluding carboxylic acids is 2. The molecule has 1 aromatic carbocycles. The summed E-state index contributed by atoms with van der Waals surface area (Å²) >= 11 is 2.68. The minimum Gasteiger partial charge on any atom is -0.383 e. The van der Waals surface area contributed by atoms with Crippen molar-refractivity contribution in [3.63, 3.8) is 0 Å². The standard InChI is InChI=1S/C16H18FN3O3S2/c1-23-7-6-18-14(21)8-13-9-24-16(20-13)25-10-15(22)19-12-4-2-11(17)3-5-12/h2-5,9H,6-8,10H2,1H3,(H,18,21)(H,19,22). The Hall–Kier alpha value is -1.97. The van der Waals surface area contributed by atoms with Gasteiger partial charge in [0, 0.05) is 24.7 Å². The molecule has 2 rings (SSSR count). The van der Waals surface area contributed by atoms with Gasteiger partial charge in [-0.1, -0.05) is 11.8 Å². The van der Waals surface area contributed by atoms with Crippen LogP contribution >= 0.6 is 23.1 Å². The van der Waals surface area contributed by atoms with Crippen LogP contribution in [-0.4, -0.2) is 42.8 Å². The predicted octanol–water partition coefficient (Wildman–Crippen LogP) is 2.32. The Morgan fingerprint density at radius 2 is 2.04 bits per heavy atom. The first-order chi connectivity index (χ1) is 12.1. The summed E-state index contributed by atoms with van der Waals surface area (Å²) in [6, 6.07) is 5.57. The maximum atomic E-state index is 12.8. The summed E-state index contributed by atoms with van der Waals surface area (Å²) in [6.45, 7) is 0.928. The molecule has 1 aromatic heterocycles. The molecule has 0 aliphatic rings. The normalized spacial score (nSPS) is 10.5. The van der Waals surface area contributed by atoms with Crippen molar-refractivity contribution in [2.24, 2.45) is 0 Å². The molecule has 0 fully saturated rings. The fourth-order valence-corrected chi connectivity index (χ4v) is 3.46. The number of rotatable bonds is 9. The van der Waals surface area contributed by atoms with Gasteiger partial charge in [0.1, 0.15) is 5.82 Å². The second-order valence-corrected chi connectivity index (χ2v) is 7.05. The number of hydrogen-bond acceptors (Lipinski definition) is 6. The third-order valence-electron chi connectivity index (χ3n) is 2.96. The van der Waals surface area contributed by atoms with Crippen molar-refractivity contribution in [1.82, 2.24) is 10.3 Å². The molecular weight excluding hydrogens is 365 g/mol. The first-order valence-electron chi connectivity index (χ1n) is 7.45. The largest absolute Gasteiger partial charge is 0.383 e. The van der Waals surface area contributed by atoms with Crippen LogP contribution in [0.5, 0.6) is 0 Å². The molecule has 0 spiro atoms. The second-order valence-electron chi connectivity index (χ2n) is 4.97. The number of halogens is 1. The van der Waals surface area contributed by atoms with Gasteiger partial charge in [-0.05, 0) is 24.3 Å². The number of methoxy groups -OCH3 is 1. The van der Waals surface area contributed by atoms with Crippen molar-refractivity contribution < 1.29 is 18.7 Å². The highest BCUT2D eigenvalue weighted by Gasteiger charge is 2.10. The SMILES string of the molecule is COCCNC(=O)Cc1csc(SCC(=O)Nc2ccc(F)cc2)n1. The van der Waals surface area contributed by atoms with E-state index in [2.05, 4.69) is 15.6 Å². The molecule has 0 aliphatic carbocycles. The number of aromatic nitrogens is 1. The van der Waals surface area contributed by atoms with Gasteiger partial charge in [0.2, 0.25) is 11.8 Å². The van der Waals surface area contributed by atoms with E-state index in [0.717, 1.165) is 0 Å². The van der Waals surface area contributed by atoms with E-state index in [4.69, 9.17) is 4.74 Å². The average molecular weight is 383 g/mol. The van der Waals surface area contributed by atoms with Crippen molar-refractivity contribution in [3.8, 4) is 0 Å². The molecule has 0 saturated heterocycles. The summed E-state index contributed by atoms with van der Waals surface area (Å²) in [5.41, 5.74) is 1.21. The van der Waals surface area contributed by atoms with E-state index in [1.165, 1.54) is 47.4 Å². The lowest BCUT2D eigenvalue weighted by Gasteiger charge is -2.04. The maximum Gasteiger partial charge on any atom is 0.234 e. The summed E-state index contributed by atoms with van der Waals surface area (Å²) in [7, 11) is 1.57. The molecule has 0 aliphatic heterocycles. The third kappa shape index (κ3) is 7.20. The summed E-state index contributed by atoms with van der Waals surface area (Å²) in [4.78, 5) is 27.9. The number of ether oxygens (including phenoxy) is 1. The minimum atomic E-state index is -0.353. The molecule has 2 N–H and O–H groups in total. The third-order valence-corrected chi connectivity index (χ3v) is 5.03. The van der Waals surface area contributed by atoms with Crippen LogP contribution in [-0.2, 0) is 20.7 Å². The van der Waals surface area contributed by atoms with E-state index in [1.54, 1.807) is 12.5 Å². The zero-order valence-corrected chi connectivity index (χ0v) is 15.2. The molecule has 9 heteroatoms. The first-order valence-corrected chi connectivity index (χ1v) is 9.31. The number of nitrogens with one attached hydrogen (secondary N) is 2. The molecule has 0 bridgehead atoms. The number of anilines is 1. The van der Waals surface area contributed by atoms with Gasteiger partial charge in [-0.2, -0.15) is 0 Å². The van der Waals surface area contributed by atoms with E-state index >= 15 is 0 Å². The van der Waals surface area contributed by atoms with Gasteiger partial charge in [-0.15, -0.1) is 11.3 Å². The first kappa shape index (κ1) is 19.4. The highest BCUT2D eigenvalue weighted by Crippen LogP contribution is 2.23. The van der Waals surface area contributed by atoms with Crippen LogP contribution in [0.1, 0.15) is 5.69 Å². The highest BCUT2D eigenvalue weighted by atomic mass is 32.2. The number of thioether (sulfide) groups is 1. The van der Waals surface area contributed by atoms with Crippen LogP contribution in [0, 0.1) is 5.82 Å². The van der Waals surface area contributed by atoms with Gasteiger partial charge >= 0.3 is 0 Å². The van der Waals surface area contributed by atoms with Gasteiger partial charge in [0.25, 0.3) is 0 Å². The fraction of sp³-hybridized carbons (Fsp3) is 0.312. The molecular formula is C16H18FN3O3S2. The molecule has 2 amide bonds. The summed E-state index contributed by atoms with van der Waals surface area (Å²) in [5.74, 6) is -0.489. The lowest BCUT2D eigenvalue weighted by molar-refractivity contribution is -0.120. The van der Waals surface area contributed by atoms with Gasteiger partial charge in [0.15, 0.2) is 4.34 Å². The maximum absolute atomic E-state index is 12.8. The Balaban J connectivity index is 1.74. The van der Waals surface area contributed by atoms with Crippen LogP contribution in [0.2, 0.25) is 0 Å². The minimum absolute atomic E-state index is 0.118. The molecule has 2 aromatic rings. The fourth-order valence-electron chi connectivity index (χ4n) is 1.81. The molecule has 134 valence electrons. The Morgan fingerprint density at radius 3 is 2.76 bits per heavy atom. The zero-order valence-electron chi connectivity index (χ0n) is 13.6. The number of hydrogen-bond donors (Lipinski definition) is 2. The number of thiazole rings is 1. The Kier molecular flexibility index (Phi) is 7.83. The Morgan fingerprint density at radius 1 is 1.28 bits per heavy atom. The number of carbonyl (C=O) groups is 2. The van der Waals surface area contributed by atoms with Crippen molar-refractivity contribution in [2.75, 3.05) is 31.3 Å². The molecule has 0 saturated carbocycles. The Labute approximate surface area is 153 Å². The molecule has 1 heterocycles. The molecule has 6 nitrogen and oxygen atoms in total. The van der Waals surface area contributed by atoms with Crippen molar-refractivity contribution in [3.05, 3.63) is 41.2 Å². The zero-order chi connectivity index (χ0) is 18.1. The number of amides is 2. The van der Waals surface area contributed by atoms with Crippen LogP contribution in [0.15, 0.2) is 34.0 Å². The molecule has 0 unspecified atom stereocenters. The molecule has 25 heavy (non-hydrogen) atoms. The van der Waals surface area contributed by atoms with E-state index in [0.29, 0.717) is 28.9 Å². The monoisotopic (exact) mass is 383 g/mol. The number of nitrogens with zero attached hydrogens (tertiary/aromatic N) is 1. The quantitative estimate of drug-likeness (QED) is 0.513. The van der Waals surface area contributed by atoms with Crippen molar-refractivity contribution >= 4 is 40.6 Å². The van der Waals surface area contributed by atoms with E-state index in [-0.39, 0.29) is 29.8 Å². The summed E-state index contributed by atoms with van der Waals surface area (Å²) in [5, 5.41) is 7.21. The summed E-state index contributed by atoms with van der Waals surface area (Å²) in [6.07, 6.45) is 0.197. The van der Waals surface area contributed by atoms with E-state index in [1.807, 2.05) is 0 Å². The van der Waals surface area contributed by atoms with Crippen molar-refractivity contribution in [2.45, 2.75) is 10.8 Å². The molecule has 0 radical (unpaired) electrons. The van der Waals surface area contributed by atoms with Crippen LogP contribution in [0.3, 0.4) is 0 Å². The highest BCUT2D eigenvalue weighted by molar-refractivity contribution is 8.01. The predicted molar refractivity (Wildman–Crippen MR) is 96.5 cm³/mol. The Bertz CT molecular complexity index is 707. The van der Waals surface area contributed by atoms with Gasteiger partial charge in [-0.3, -0.25) is 9.59 Å². The average Bonchev–Trinajstić information content (AvgIpc) is 3.03. The molecule has 0 atom stereocenters. The number of benzene rings is 1. The van der Waals surface area contributed by atoms with Crippen LogP contribution in [0.25, 0.3) is 0 Å².